The molecule has 0 aromatic heterocycles. The maximum absolute atomic E-state index is 3.58. The Hall–Kier alpha value is -0.0400. The quantitative estimate of drug-likeness (QED) is 0.748. The Balaban J connectivity index is 1.81. The van der Waals surface area contributed by atoms with Gasteiger partial charge in [-0.15, -0.1) is 0 Å². The second-order valence-corrected chi connectivity index (χ2v) is 6.07. The SMILES string of the molecule is CNC(C1CCC(C(C)C)CC1)C1CC1. The lowest BCUT2D eigenvalue weighted by Crippen LogP contribution is -2.38. The van der Waals surface area contributed by atoms with Crippen LogP contribution in [0.3, 0.4) is 0 Å². The highest BCUT2D eigenvalue weighted by molar-refractivity contribution is 4.92. The second kappa shape index (κ2) is 4.86. The van der Waals surface area contributed by atoms with Crippen LogP contribution in [0.25, 0.3) is 0 Å². The smallest absolute Gasteiger partial charge is 0.0121 e. The summed E-state index contributed by atoms with van der Waals surface area (Å²) >= 11 is 0. The van der Waals surface area contributed by atoms with Crippen molar-refractivity contribution in [3.05, 3.63) is 0 Å². The van der Waals surface area contributed by atoms with E-state index in [1.807, 2.05) is 0 Å². The zero-order chi connectivity index (χ0) is 10.8. The van der Waals surface area contributed by atoms with E-state index in [9.17, 15) is 0 Å². The van der Waals surface area contributed by atoms with Gasteiger partial charge in [-0.2, -0.15) is 0 Å². The van der Waals surface area contributed by atoms with Crippen molar-refractivity contribution in [2.75, 3.05) is 7.05 Å². The van der Waals surface area contributed by atoms with Crippen LogP contribution in [0.15, 0.2) is 0 Å². The van der Waals surface area contributed by atoms with Gasteiger partial charge >= 0.3 is 0 Å². The Labute approximate surface area is 95.0 Å². The Morgan fingerprint density at radius 1 is 0.800 bits per heavy atom. The molecule has 2 aliphatic carbocycles. The molecule has 2 aliphatic rings. The van der Waals surface area contributed by atoms with Crippen molar-refractivity contribution >= 4 is 0 Å². The molecule has 1 N–H and O–H groups in total. The maximum Gasteiger partial charge on any atom is 0.0121 e. The number of hydrogen-bond donors (Lipinski definition) is 1. The van der Waals surface area contributed by atoms with Gasteiger partial charge < -0.3 is 5.32 Å². The first-order chi connectivity index (χ1) is 7.22. The van der Waals surface area contributed by atoms with Gasteiger partial charge in [-0.25, -0.2) is 0 Å². The van der Waals surface area contributed by atoms with Crippen LogP contribution < -0.4 is 5.32 Å². The van der Waals surface area contributed by atoms with Gasteiger partial charge in [0.15, 0.2) is 0 Å². The predicted octanol–water partition coefficient (Wildman–Crippen LogP) is 3.45. The summed E-state index contributed by atoms with van der Waals surface area (Å²) in [6, 6.07) is 0.845. The van der Waals surface area contributed by atoms with Crippen LogP contribution in [0.4, 0.5) is 0 Å². The fourth-order valence-corrected chi connectivity index (χ4v) is 3.48. The summed E-state index contributed by atoms with van der Waals surface area (Å²) in [5.41, 5.74) is 0. The van der Waals surface area contributed by atoms with E-state index in [1.54, 1.807) is 0 Å². The molecule has 0 aliphatic heterocycles. The number of rotatable bonds is 4. The van der Waals surface area contributed by atoms with E-state index in [0.29, 0.717) is 0 Å². The monoisotopic (exact) mass is 209 g/mol. The summed E-state index contributed by atoms with van der Waals surface area (Å²) in [6.07, 6.45) is 8.88. The van der Waals surface area contributed by atoms with Gasteiger partial charge in [0, 0.05) is 6.04 Å². The minimum atomic E-state index is 0.845. The second-order valence-electron chi connectivity index (χ2n) is 6.07. The zero-order valence-electron chi connectivity index (χ0n) is 10.6. The first-order valence-electron chi connectivity index (χ1n) is 6.89. The molecule has 15 heavy (non-hydrogen) atoms. The van der Waals surface area contributed by atoms with Crippen LogP contribution in [0, 0.1) is 23.7 Å². The molecule has 0 heterocycles. The van der Waals surface area contributed by atoms with Crippen molar-refractivity contribution in [3.63, 3.8) is 0 Å². The average molecular weight is 209 g/mol. The van der Waals surface area contributed by atoms with Gasteiger partial charge in [-0.1, -0.05) is 13.8 Å². The molecule has 0 bridgehead atoms. The standard InChI is InChI=1S/C14H27N/c1-10(2)11-4-6-12(7-5-11)14(15-3)13-8-9-13/h10-15H,4-9H2,1-3H3. The molecule has 2 fully saturated rings. The normalized spacial score (nSPS) is 34.4. The van der Waals surface area contributed by atoms with Crippen molar-refractivity contribution in [1.82, 2.24) is 5.32 Å². The summed E-state index contributed by atoms with van der Waals surface area (Å²) in [6.45, 7) is 4.78. The number of hydrogen-bond acceptors (Lipinski definition) is 1. The van der Waals surface area contributed by atoms with E-state index in [-0.39, 0.29) is 0 Å². The molecule has 0 spiro atoms. The predicted molar refractivity (Wildman–Crippen MR) is 65.9 cm³/mol. The summed E-state index contributed by atoms with van der Waals surface area (Å²) in [5, 5.41) is 3.58. The van der Waals surface area contributed by atoms with Crippen molar-refractivity contribution in [1.29, 1.82) is 0 Å². The molecular weight excluding hydrogens is 182 g/mol. The van der Waals surface area contributed by atoms with Gasteiger partial charge in [0.05, 0.1) is 0 Å². The Kier molecular flexibility index (Phi) is 3.71. The topological polar surface area (TPSA) is 12.0 Å². The van der Waals surface area contributed by atoms with Crippen molar-refractivity contribution < 1.29 is 0 Å². The van der Waals surface area contributed by atoms with Gasteiger partial charge in [-0.05, 0) is 69.2 Å². The van der Waals surface area contributed by atoms with Crippen LogP contribution in [0.1, 0.15) is 52.4 Å². The molecule has 0 saturated heterocycles. The highest BCUT2D eigenvalue weighted by Crippen LogP contribution is 2.42. The molecule has 1 nitrogen and oxygen atoms in total. The molecule has 0 amide bonds. The summed E-state index contributed by atoms with van der Waals surface area (Å²) in [5.74, 6) is 3.92. The molecule has 0 aromatic rings. The highest BCUT2D eigenvalue weighted by atomic mass is 14.9. The Morgan fingerprint density at radius 2 is 1.20 bits per heavy atom. The van der Waals surface area contributed by atoms with Gasteiger partial charge in [0.2, 0.25) is 0 Å². The fourth-order valence-electron chi connectivity index (χ4n) is 3.48. The van der Waals surface area contributed by atoms with E-state index in [1.165, 1.54) is 38.5 Å². The van der Waals surface area contributed by atoms with Crippen LogP contribution in [-0.2, 0) is 0 Å². The summed E-state index contributed by atoms with van der Waals surface area (Å²) in [7, 11) is 2.16. The summed E-state index contributed by atoms with van der Waals surface area (Å²) in [4.78, 5) is 0. The molecule has 2 rings (SSSR count). The maximum atomic E-state index is 3.58. The van der Waals surface area contributed by atoms with Gasteiger partial charge in [-0.3, -0.25) is 0 Å². The van der Waals surface area contributed by atoms with Crippen molar-refractivity contribution in [2.45, 2.75) is 58.4 Å². The molecule has 1 atom stereocenters. The fraction of sp³-hybridized carbons (Fsp3) is 1.00. The first kappa shape index (κ1) is 11.4. The molecule has 88 valence electrons. The molecule has 0 radical (unpaired) electrons. The third kappa shape index (κ3) is 2.75. The van der Waals surface area contributed by atoms with Crippen LogP contribution in [-0.4, -0.2) is 13.1 Å². The molecule has 1 unspecified atom stereocenters. The Morgan fingerprint density at radius 3 is 1.53 bits per heavy atom. The zero-order valence-corrected chi connectivity index (χ0v) is 10.6. The lowest BCUT2D eigenvalue weighted by molar-refractivity contribution is 0.182. The van der Waals surface area contributed by atoms with Gasteiger partial charge in [0.1, 0.15) is 0 Å². The molecular formula is C14H27N. The first-order valence-corrected chi connectivity index (χ1v) is 6.89. The van der Waals surface area contributed by atoms with Crippen LogP contribution in [0.5, 0.6) is 0 Å². The molecule has 1 heteroatoms. The van der Waals surface area contributed by atoms with E-state index in [0.717, 1.165) is 29.7 Å². The third-order valence-corrected chi connectivity index (χ3v) is 4.73. The third-order valence-electron chi connectivity index (χ3n) is 4.73. The minimum Gasteiger partial charge on any atom is -0.316 e. The van der Waals surface area contributed by atoms with Crippen LogP contribution >= 0.6 is 0 Å². The lowest BCUT2D eigenvalue weighted by Gasteiger charge is -2.35. The molecule has 2 saturated carbocycles. The van der Waals surface area contributed by atoms with Crippen molar-refractivity contribution in [3.8, 4) is 0 Å². The van der Waals surface area contributed by atoms with Gasteiger partial charge in [0.25, 0.3) is 0 Å². The summed E-state index contributed by atoms with van der Waals surface area (Å²) < 4.78 is 0. The minimum absolute atomic E-state index is 0.845. The lowest BCUT2D eigenvalue weighted by atomic mass is 9.74. The highest BCUT2D eigenvalue weighted by Gasteiger charge is 2.37. The number of nitrogens with one attached hydrogen (secondary N) is 1. The largest absolute Gasteiger partial charge is 0.316 e. The van der Waals surface area contributed by atoms with E-state index in [4.69, 9.17) is 0 Å². The van der Waals surface area contributed by atoms with E-state index < -0.39 is 0 Å². The van der Waals surface area contributed by atoms with E-state index >= 15 is 0 Å². The van der Waals surface area contributed by atoms with Crippen LogP contribution in [0.2, 0.25) is 0 Å². The Bertz CT molecular complexity index is 188. The van der Waals surface area contributed by atoms with E-state index in [2.05, 4.69) is 26.2 Å². The molecule has 0 aromatic carbocycles. The van der Waals surface area contributed by atoms with Crippen molar-refractivity contribution in [2.24, 2.45) is 23.7 Å². The average Bonchev–Trinajstić information content (AvgIpc) is 3.04.